The highest BCUT2D eigenvalue weighted by Gasteiger charge is 2.09. The molecule has 0 aliphatic carbocycles. The van der Waals surface area contributed by atoms with Crippen molar-refractivity contribution in [2.45, 2.75) is 6.54 Å². The Labute approximate surface area is 155 Å². The van der Waals surface area contributed by atoms with Gasteiger partial charge in [0.2, 0.25) is 0 Å². The predicted molar refractivity (Wildman–Crippen MR) is 102 cm³/mol. The van der Waals surface area contributed by atoms with E-state index >= 15 is 0 Å². The molecule has 0 aliphatic rings. The van der Waals surface area contributed by atoms with Crippen molar-refractivity contribution in [3.05, 3.63) is 88.2 Å². The second kappa shape index (κ2) is 8.01. The maximum absolute atomic E-state index is 12.3. The molecule has 126 valence electrons. The number of nitrogens with one attached hydrogen (secondary N) is 2. The molecule has 2 aromatic carbocycles. The summed E-state index contributed by atoms with van der Waals surface area (Å²) in [6.07, 6.45) is 1.57. The Hall–Kier alpha value is -2.56. The van der Waals surface area contributed by atoms with E-state index in [0.717, 1.165) is 5.56 Å². The molecule has 0 saturated heterocycles. The van der Waals surface area contributed by atoms with Crippen molar-refractivity contribution in [2.75, 3.05) is 5.32 Å². The number of aromatic nitrogens is 1. The number of hydrogen-bond acceptors (Lipinski definition) is 3. The summed E-state index contributed by atoms with van der Waals surface area (Å²) < 4.78 is 0. The van der Waals surface area contributed by atoms with E-state index in [1.807, 2.05) is 30.3 Å². The Bertz CT molecular complexity index is 885. The number of halogens is 2. The van der Waals surface area contributed by atoms with Gasteiger partial charge >= 0.3 is 0 Å². The summed E-state index contributed by atoms with van der Waals surface area (Å²) in [5, 5.41) is 7.11. The van der Waals surface area contributed by atoms with Gasteiger partial charge in [0.1, 0.15) is 5.69 Å². The van der Waals surface area contributed by atoms with Gasteiger partial charge in [-0.05, 0) is 35.9 Å². The third-order valence-electron chi connectivity index (χ3n) is 3.50. The Balaban J connectivity index is 1.70. The fourth-order valence-electron chi connectivity index (χ4n) is 2.25. The highest BCUT2D eigenvalue weighted by molar-refractivity contribution is 6.35. The normalized spacial score (nSPS) is 10.3. The van der Waals surface area contributed by atoms with Crippen LogP contribution in [0.3, 0.4) is 0 Å². The molecule has 3 aromatic rings. The Morgan fingerprint density at radius 1 is 1.00 bits per heavy atom. The van der Waals surface area contributed by atoms with Crippen molar-refractivity contribution < 1.29 is 4.79 Å². The number of hydrogen-bond donors (Lipinski definition) is 2. The van der Waals surface area contributed by atoms with E-state index in [0.29, 0.717) is 33.7 Å². The fraction of sp³-hybridized carbons (Fsp3) is 0.0526. The fourth-order valence-corrected chi connectivity index (χ4v) is 2.59. The Morgan fingerprint density at radius 3 is 2.60 bits per heavy atom. The summed E-state index contributed by atoms with van der Waals surface area (Å²) in [6, 6.07) is 18.3. The van der Waals surface area contributed by atoms with E-state index in [1.54, 1.807) is 36.5 Å². The number of anilines is 2. The van der Waals surface area contributed by atoms with Gasteiger partial charge in [-0.25, -0.2) is 0 Å². The SMILES string of the molecule is O=C(NCc1ccccc1)c1cc(Nc2cc(Cl)ccc2Cl)ccn1. The van der Waals surface area contributed by atoms with Gasteiger partial charge in [0.25, 0.3) is 5.91 Å². The minimum Gasteiger partial charge on any atom is -0.354 e. The summed E-state index contributed by atoms with van der Waals surface area (Å²) in [5.74, 6) is -0.246. The molecule has 1 heterocycles. The van der Waals surface area contributed by atoms with Crippen LogP contribution in [0.25, 0.3) is 0 Å². The van der Waals surface area contributed by atoms with Crippen molar-refractivity contribution >= 4 is 40.5 Å². The van der Waals surface area contributed by atoms with Gasteiger partial charge in [0.15, 0.2) is 0 Å². The van der Waals surface area contributed by atoms with Crippen molar-refractivity contribution in [3.63, 3.8) is 0 Å². The first-order chi connectivity index (χ1) is 12.1. The van der Waals surface area contributed by atoms with Crippen LogP contribution in [0.1, 0.15) is 16.1 Å². The number of carbonyl (C=O) groups excluding carboxylic acids is 1. The average molecular weight is 372 g/mol. The van der Waals surface area contributed by atoms with Crippen molar-refractivity contribution in [1.29, 1.82) is 0 Å². The van der Waals surface area contributed by atoms with Crippen LogP contribution < -0.4 is 10.6 Å². The van der Waals surface area contributed by atoms with E-state index in [2.05, 4.69) is 15.6 Å². The van der Waals surface area contributed by atoms with Gasteiger partial charge in [-0.1, -0.05) is 53.5 Å². The summed E-state index contributed by atoms with van der Waals surface area (Å²) in [5.41, 5.74) is 2.70. The molecule has 0 atom stereocenters. The van der Waals surface area contributed by atoms with Gasteiger partial charge in [-0.2, -0.15) is 0 Å². The molecule has 0 fully saturated rings. The lowest BCUT2D eigenvalue weighted by Gasteiger charge is -2.10. The van der Waals surface area contributed by atoms with Gasteiger partial charge in [0, 0.05) is 23.5 Å². The summed E-state index contributed by atoms with van der Waals surface area (Å²) in [4.78, 5) is 16.4. The molecule has 25 heavy (non-hydrogen) atoms. The lowest BCUT2D eigenvalue weighted by molar-refractivity contribution is 0.0946. The largest absolute Gasteiger partial charge is 0.354 e. The molecule has 1 aromatic heterocycles. The zero-order valence-electron chi connectivity index (χ0n) is 13.2. The van der Waals surface area contributed by atoms with Crippen molar-refractivity contribution in [3.8, 4) is 0 Å². The van der Waals surface area contributed by atoms with E-state index in [9.17, 15) is 4.79 Å². The molecule has 6 heteroatoms. The standard InChI is InChI=1S/C19H15Cl2N3O/c20-14-6-7-16(21)17(10-14)24-15-8-9-22-18(11-15)19(25)23-12-13-4-2-1-3-5-13/h1-11H,12H2,(H,22,24)(H,23,25). The maximum Gasteiger partial charge on any atom is 0.270 e. The van der Waals surface area contributed by atoms with Gasteiger partial charge in [-0.3, -0.25) is 9.78 Å². The number of nitrogens with zero attached hydrogens (tertiary/aromatic N) is 1. The first-order valence-electron chi connectivity index (χ1n) is 7.62. The Kier molecular flexibility index (Phi) is 5.53. The zero-order valence-corrected chi connectivity index (χ0v) is 14.7. The summed E-state index contributed by atoms with van der Waals surface area (Å²) in [6.45, 7) is 0.444. The lowest BCUT2D eigenvalue weighted by Crippen LogP contribution is -2.23. The average Bonchev–Trinajstić information content (AvgIpc) is 2.64. The highest BCUT2D eigenvalue weighted by atomic mass is 35.5. The Morgan fingerprint density at radius 2 is 1.80 bits per heavy atom. The van der Waals surface area contributed by atoms with E-state index < -0.39 is 0 Å². The highest BCUT2D eigenvalue weighted by Crippen LogP contribution is 2.28. The van der Waals surface area contributed by atoms with Gasteiger partial charge < -0.3 is 10.6 Å². The molecule has 0 saturated carbocycles. The molecular weight excluding hydrogens is 357 g/mol. The van der Waals surface area contributed by atoms with Crippen molar-refractivity contribution in [2.24, 2.45) is 0 Å². The first kappa shape index (κ1) is 17.3. The quantitative estimate of drug-likeness (QED) is 0.658. The second-order valence-corrected chi connectivity index (χ2v) is 6.19. The van der Waals surface area contributed by atoms with Crippen LogP contribution in [-0.2, 0) is 6.54 Å². The number of pyridine rings is 1. The molecule has 3 rings (SSSR count). The van der Waals surface area contributed by atoms with Crippen LogP contribution in [0.2, 0.25) is 10.0 Å². The molecule has 0 bridgehead atoms. The summed E-state index contributed by atoms with van der Waals surface area (Å²) in [7, 11) is 0. The molecule has 4 nitrogen and oxygen atoms in total. The van der Waals surface area contributed by atoms with E-state index in [-0.39, 0.29) is 5.91 Å². The molecular formula is C19H15Cl2N3O. The minimum absolute atomic E-state index is 0.246. The topological polar surface area (TPSA) is 54.0 Å². The first-order valence-corrected chi connectivity index (χ1v) is 8.38. The number of carbonyl (C=O) groups is 1. The van der Waals surface area contributed by atoms with Crippen molar-refractivity contribution in [1.82, 2.24) is 10.3 Å². The van der Waals surface area contributed by atoms with E-state index in [1.165, 1.54) is 0 Å². The number of rotatable bonds is 5. The van der Waals surface area contributed by atoms with E-state index in [4.69, 9.17) is 23.2 Å². The van der Waals surface area contributed by atoms with Crippen LogP contribution >= 0.6 is 23.2 Å². The van der Waals surface area contributed by atoms with Crippen LogP contribution in [0.5, 0.6) is 0 Å². The predicted octanol–water partition coefficient (Wildman–Crippen LogP) is 5.06. The molecule has 0 radical (unpaired) electrons. The molecule has 0 spiro atoms. The maximum atomic E-state index is 12.3. The number of benzene rings is 2. The third kappa shape index (κ3) is 4.72. The molecule has 0 aliphatic heterocycles. The molecule has 1 amide bonds. The van der Waals surface area contributed by atoms with Crippen LogP contribution in [0.4, 0.5) is 11.4 Å². The van der Waals surface area contributed by atoms with Crippen LogP contribution in [-0.4, -0.2) is 10.9 Å². The smallest absolute Gasteiger partial charge is 0.270 e. The number of amides is 1. The molecule has 2 N–H and O–H groups in total. The third-order valence-corrected chi connectivity index (χ3v) is 4.06. The second-order valence-electron chi connectivity index (χ2n) is 5.35. The van der Waals surface area contributed by atoms with Crippen LogP contribution in [0, 0.1) is 0 Å². The summed E-state index contributed by atoms with van der Waals surface area (Å²) >= 11 is 12.1. The minimum atomic E-state index is -0.246. The monoisotopic (exact) mass is 371 g/mol. The molecule has 0 unspecified atom stereocenters. The zero-order chi connectivity index (χ0) is 17.6. The van der Waals surface area contributed by atoms with Gasteiger partial charge in [-0.15, -0.1) is 0 Å². The van der Waals surface area contributed by atoms with Gasteiger partial charge in [0.05, 0.1) is 10.7 Å². The lowest BCUT2D eigenvalue weighted by atomic mass is 10.2. The van der Waals surface area contributed by atoms with Crippen LogP contribution in [0.15, 0.2) is 66.9 Å².